The summed E-state index contributed by atoms with van der Waals surface area (Å²) >= 11 is 3.45. The fourth-order valence-corrected chi connectivity index (χ4v) is 0.424. The average molecular weight is 126 g/mol. The van der Waals surface area contributed by atoms with Gasteiger partial charge in [0.25, 0.3) is 0 Å². The van der Waals surface area contributed by atoms with Crippen LogP contribution in [0, 0.1) is 0 Å². The van der Waals surface area contributed by atoms with Crippen molar-refractivity contribution in [2.45, 2.75) is 0 Å². The zero-order valence-corrected chi connectivity index (χ0v) is 4.62. The average Bonchev–Trinajstić information content (AvgIpc) is 1.35. The van der Waals surface area contributed by atoms with E-state index in [1.165, 1.54) is 0 Å². The normalized spacial score (nSPS) is 11.3. The van der Waals surface area contributed by atoms with Gasteiger partial charge in [0.05, 0.1) is 0 Å². The highest BCUT2D eigenvalue weighted by atomic mass is 32.1. The SMILES string of the molecule is O=[P+]([O-])OCS. The molecule has 1 unspecified atom stereocenters. The highest BCUT2D eigenvalue weighted by molar-refractivity contribution is 7.80. The van der Waals surface area contributed by atoms with E-state index in [4.69, 9.17) is 0 Å². The van der Waals surface area contributed by atoms with Crippen LogP contribution in [0.15, 0.2) is 0 Å². The van der Waals surface area contributed by atoms with Crippen LogP contribution in [-0.2, 0) is 9.09 Å². The summed E-state index contributed by atoms with van der Waals surface area (Å²) in [6, 6.07) is 0. The Balaban J connectivity index is 2.83. The molecular weight excluding hydrogens is 123 g/mol. The first-order valence-corrected chi connectivity index (χ1v) is 2.88. The van der Waals surface area contributed by atoms with E-state index in [1.54, 1.807) is 0 Å². The monoisotopic (exact) mass is 126 g/mol. The van der Waals surface area contributed by atoms with Gasteiger partial charge in [-0.2, -0.15) is 0 Å². The van der Waals surface area contributed by atoms with Crippen LogP contribution in [0.5, 0.6) is 0 Å². The first-order chi connectivity index (χ1) is 2.77. The van der Waals surface area contributed by atoms with Gasteiger partial charge in [-0.05, 0) is 4.57 Å². The Morgan fingerprint density at radius 2 is 2.50 bits per heavy atom. The van der Waals surface area contributed by atoms with E-state index < -0.39 is 8.25 Å². The maximum atomic E-state index is 9.37. The van der Waals surface area contributed by atoms with Crippen molar-refractivity contribution in [1.29, 1.82) is 0 Å². The van der Waals surface area contributed by atoms with Gasteiger partial charge in [-0.25, -0.2) is 0 Å². The lowest BCUT2D eigenvalue weighted by Gasteiger charge is -1.77. The number of hydrogen-bond acceptors (Lipinski definition) is 4. The van der Waals surface area contributed by atoms with E-state index in [1.807, 2.05) is 0 Å². The molecule has 0 aliphatic heterocycles. The highest BCUT2D eigenvalue weighted by Gasteiger charge is 1.92. The molecule has 0 saturated carbocycles. The fourth-order valence-electron chi connectivity index (χ4n) is 0.0471. The predicted octanol–water partition coefficient (Wildman–Crippen LogP) is -0.0920. The van der Waals surface area contributed by atoms with Crippen molar-refractivity contribution in [3.8, 4) is 0 Å². The molecule has 0 fully saturated rings. The molecule has 0 saturated heterocycles. The molecule has 36 valence electrons. The zero-order chi connectivity index (χ0) is 4.99. The quantitative estimate of drug-likeness (QED) is 0.319. The standard InChI is InChI=1S/CH3O3PS/c2-5(3)4-1-6/h6H,1H2. The van der Waals surface area contributed by atoms with Crippen LogP contribution in [-0.4, -0.2) is 5.94 Å². The van der Waals surface area contributed by atoms with E-state index in [0.717, 1.165) is 0 Å². The van der Waals surface area contributed by atoms with Crippen molar-refractivity contribution in [2.24, 2.45) is 0 Å². The molecule has 0 aliphatic rings. The van der Waals surface area contributed by atoms with E-state index >= 15 is 0 Å². The summed E-state index contributed by atoms with van der Waals surface area (Å²) in [6.45, 7) is 0. The van der Waals surface area contributed by atoms with E-state index in [9.17, 15) is 9.46 Å². The van der Waals surface area contributed by atoms with E-state index in [0.29, 0.717) is 0 Å². The van der Waals surface area contributed by atoms with Crippen molar-refractivity contribution in [3.63, 3.8) is 0 Å². The summed E-state index contributed by atoms with van der Waals surface area (Å²) in [5.74, 6) is -0.0707. The molecule has 0 spiro atoms. The first kappa shape index (κ1) is 6.37. The van der Waals surface area contributed by atoms with Gasteiger partial charge in [-0.3, -0.25) is 0 Å². The van der Waals surface area contributed by atoms with Crippen molar-refractivity contribution in [2.75, 3.05) is 5.94 Å². The predicted molar refractivity (Wildman–Crippen MR) is 22.5 cm³/mol. The number of thiol groups is 1. The molecular formula is CH3O3PS. The molecule has 0 aliphatic carbocycles. The van der Waals surface area contributed by atoms with Crippen LogP contribution in [0.4, 0.5) is 0 Å². The van der Waals surface area contributed by atoms with Gasteiger partial charge in [0.15, 0.2) is 0 Å². The van der Waals surface area contributed by atoms with Crippen molar-refractivity contribution < 1.29 is 14.0 Å². The Morgan fingerprint density at radius 3 is 2.50 bits per heavy atom. The molecule has 0 bridgehead atoms. The van der Waals surface area contributed by atoms with Crippen LogP contribution in [0.3, 0.4) is 0 Å². The fraction of sp³-hybridized carbons (Fsp3) is 1.00. The largest absolute Gasteiger partial charge is 0.566 e. The Morgan fingerprint density at radius 1 is 2.00 bits per heavy atom. The molecule has 0 aromatic rings. The zero-order valence-electron chi connectivity index (χ0n) is 2.83. The summed E-state index contributed by atoms with van der Waals surface area (Å²) in [5.41, 5.74) is 0. The molecule has 0 rings (SSSR count). The molecule has 0 amide bonds. The van der Waals surface area contributed by atoms with Crippen molar-refractivity contribution in [3.05, 3.63) is 0 Å². The second-order valence-corrected chi connectivity index (χ2v) is 1.45. The Hall–Kier alpha value is 0.370. The van der Waals surface area contributed by atoms with Crippen LogP contribution < -0.4 is 4.89 Å². The third-order valence-corrected chi connectivity index (χ3v) is 0.836. The maximum Gasteiger partial charge on any atom is 0.489 e. The second kappa shape index (κ2) is 3.56. The molecule has 0 heterocycles. The topological polar surface area (TPSA) is 49.4 Å². The minimum Gasteiger partial charge on any atom is -0.566 e. The Labute approximate surface area is 41.7 Å². The molecule has 6 heavy (non-hydrogen) atoms. The maximum absolute atomic E-state index is 9.37. The number of rotatable bonds is 2. The lowest BCUT2D eigenvalue weighted by Crippen LogP contribution is -1.87. The number of hydrogen-bond donors (Lipinski definition) is 1. The summed E-state index contributed by atoms with van der Waals surface area (Å²) in [6.07, 6.45) is 0. The van der Waals surface area contributed by atoms with Crippen LogP contribution >= 0.6 is 20.9 Å². The smallest absolute Gasteiger partial charge is 0.489 e. The lowest BCUT2D eigenvalue weighted by molar-refractivity contribution is -0.183. The molecule has 0 aromatic carbocycles. The van der Waals surface area contributed by atoms with Gasteiger partial charge in [-0.15, -0.1) is 17.2 Å². The van der Waals surface area contributed by atoms with Gasteiger partial charge >= 0.3 is 8.25 Å². The van der Waals surface area contributed by atoms with E-state index in [2.05, 4.69) is 17.2 Å². The van der Waals surface area contributed by atoms with Gasteiger partial charge < -0.3 is 4.89 Å². The van der Waals surface area contributed by atoms with Crippen molar-refractivity contribution in [1.82, 2.24) is 0 Å². The molecule has 3 nitrogen and oxygen atoms in total. The molecule has 5 heteroatoms. The molecule has 1 atom stereocenters. The minimum absolute atomic E-state index is 0.0707. The Kier molecular flexibility index (Phi) is 3.78. The summed E-state index contributed by atoms with van der Waals surface area (Å²) in [5, 5.41) is 0. The third-order valence-electron chi connectivity index (χ3n) is 0.163. The van der Waals surface area contributed by atoms with Gasteiger partial charge in [-0.1, -0.05) is 0 Å². The van der Waals surface area contributed by atoms with Crippen LogP contribution in [0.2, 0.25) is 0 Å². The Bertz CT molecular complexity index is 54.8. The van der Waals surface area contributed by atoms with Crippen molar-refractivity contribution >= 4 is 20.9 Å². The molecule has 0 aromatic heterocycles. The molecule has 0 radical (unpaired) electrons. The van der Waals surface area contributed by atoms with Crippen LogP contribution in [0.25, 0.3) is 0 Å². The first-order valence-electron chi connectivity index (χ1n) is 1.15. The lowest BCUT2D eigenvalue weighted by atomic mass is 11.7. The minimum atomic E-state index is -2.68. The molecule has 0 N–H and O–H groups in total. The highest BCUT2D eigenvalue weighted by Crippen LogP contribution is 2.07. The summed E-state index contributed by atoms with van der Waals surface area (Å²) in [7, 11) is -2.68. The summed E-state index contributed by atoms with van der Waals surface area (Å²) in [4.78, 5) is 9.37. The second-order valence-electron chi connectivity index (χ2n) is 0.482. The summed E-state index contributed by atoms with van der Waals surface area (Å²) < 4.78 is 13.2. The van der Waals surface area contributed by atoms with Crippen LogP contribution in [0.1, 0.15) is 0 Å². The van der Waals surface area contributed by atoms with Gasteiger partial charge in [0.2, 0.25) is 0 Å². The van der Waals surface area contributed by atoms with E-state index in [-0.39, 0.29) is 5.94 Å². The third kappa shape index (κ3) is 4.37. The van der Waals surface area contributed by atoms with Gasteiger partial charge in [0.1, 0.15) is 5.94 Å². The van der Waals surface area contributed by atoms with Gasteiger partial charge in [0, 0.05) is 0 Å².